The van der Waals surface area contributed by atoms with E-state index in [1.165, 1.54) is 32.1 Å². The first-order chi connectivity index (χ1) is 10.8. The van der Waals surface area contributed by atoms with Gasteiger partial charge < -0.3 is 10.3 Å². The third-order valence-electron chi connectivity index (χ3n) is 4.53. The van der Waals surface area contributed by atoms with E-state index in [9.17, 15) is 0 Å². The summed E-state index contributed by atoms with van der Waals surface area (Å²) in [6.07, 6.45) is 10.3. The smallest absolute Gasteiger partial charge is 0.140 e. The van der Waals surface area contributed by atoms with Crippen LogP contribution >= 0.6 is 0 Å². The van der Waals surface area contributed by atoms with Crippen LogP contribution in [0.1, 0.15) is 37.8 Å². The van der Waals surface area contributed by atoms with E-state index < -0.39 is 0 Å². The highest BCUT2D eigenvalue weighted by Gasteiger charge is 2.21. The number of aromatic nitrogens is 4. The molecule has 4 rings (SSSR count). The summed E-state index contributed by atoms with van der Waals surface area (Å²) < 4.78 is 2.14. The summed E-state index contributed by atoms with van der Waals surface area (Å²) in [5, 5.41) is 3.73. The Bertz CT molecular complexity index is 779. The van der Waals surface area contributed by atoms with E-state index in [0.717, 1.165) is 28.5 Å². The predicted molar refractivity (Wildman–Crippen MR) is 88.0 cm³/mol. The number of hydrogen-bond donors (Lipinski definition) is 2. The maximum absolute atomic E-state index is 4.80. The van der Waals surface area contributed by atoms with Crippen molar-refractivity contribution in [2.24, 2.45) is 0 Å². The van der Waals surface area contributed by atoms with E-state index in [2.05, 4.69) is 25.9 Å². The average Bonchev–Trinajstić information content (AvgIpc) is 3.12. The van der Waals surface area contributed by atoms with E-state index in [4.69, 9.17) is 4.98 Å². The third kappa shape index (κ3) is 2.26. The second-order valence-corrected chi connectivity index (χ2v) is 6.09. The minimum absolute atomic E-state index is 0.534. The lowest BCUT2D eigenvalue weighted by atomic mass is 9.95. The molecule has 0 aliphatic heterocycles. The first kappa shape index (κ1) is 13.4. The number of hydrogen-bond acceptors (Lipinski definition) is 3. The topological polar surface area (TPSA) is 58.0 Å². The van der Waals surface area contributed by atoms with E-state index in [-0.39, 0.29) is 0 Å². The SMILES string of the molecule is Cc1[nH]cnc1-c1nc2ccccn2c1NC1CCCCC1. The number of aryl methyl sites for hydroxylation is 1. The van der Waals surface area contributed by atoms with Gasteiger partial charge in [-0.15, -0.1) is 0 Å². The maximum atomic E-state index is 4.80. The molecule has 1 aliphatic rings. The van der Waals surface area contributed by atoms with Crippen LogP contribution in [0.2, 0.25) is 0 Å². The van der Waals surface area contributed by atoms with Crippen LogP contribution in [0.15, 0.2) is 30.7 Å². The molecular weight excluding hydrogens is 274 g/mol. The summed E-state index contributed by atoms with van der Waals surface area (Å²) in [6, 6.07) is 6.64. The van der Waals surface area contributed by atoms with Gasteiger partial charge in [-0.3, -0.25) is 4.40 Å². The van der Waals surface area contributed by atoms with Crippen LogP contribution in [0.3, 0.4) is 0 Å². The minimum Gasteiger partial charge on any atom is -0.367 e. The van der Waals surface area contributed by atoms with Crippen molar-refractivity contribution in [3.8, 4) is 11.4 Å². The number of aromatic amines is 1. The molecule has 22 heavy (non-hydrogen) atoms. The first-order valence-corrected chi connectivity index (χ1v) is 8.07. The molecule has 3 aromatic heterocycles. The van der Waals surface area contributed by atoms with Gasteiger partial charge in [-0.2, -0.15) is 0 Å². The van der Waals surface area contributed by atoms with Crippen LogP contribution in [0.25, 0.3) is 17.0 Å². The molecule has 0 aromatic carbocycles. The first-order valence-electron chi connectivity index (χ1n) is 8.07. The molecule has 1 fully saturated rings. The van der Waals surface area contributed by atoms with Gasteiger partial charge in [-0.05, 0) is 31.9 Å². The predicted octanol–water partition coefficient (Wildman–Crippen LogP) is 3.78. The largest absolute Gasteiger partial charge is 0.367 e. The Morgan fingerprint density at radius 3 is 2.82 bits per heavy atom. The Kier molecular flexibility index (Phi) is 3.33. The van der Waals surface area contributed by atoms with Gasteiger partial charge in [0.25, 0.3) is 0 Å². The number of nitrogens with zero attached hydrogens (tertiary/aromatic N) is 3. The van der Waals surface area contributed by atoms with Crippen LogP contribution < -0.4 is 5.32 Å². The van der Waals surface area contributed by atoms with Gasteiger partial charge in [0, 0.05) is 17.9 Å². The second-order valence-electron chi connectivity index (χ2n) is 6.09. The average molecular weight is 295 g/mol. The molecule has 2 N–H and O–H groups in total. The van der Waals surface area contributed by atoms with E-state index in [1.807, 2.05) is 25.1 Å². The van der Waals surface area contributed by atoms with Crippen LogP contribution in [0.5, 0.6) is 0 Å². The highest BCUT2D eigenvalue weighted by molar-refractivity contribution is 5.75. The molecule has 5 heteroatoms. The lowest BCUT2D eigenvalue weighted by molar-refractivity contribution is 0.461. The number of fused-ring (bicyclic) bond motifs is 1. The van der Waals surface area contributed by atoms with Crippen molar-refractivity contribution in [2.75, 3.05) is 5.32 Å². The Hall–Kier alpha value is -2.30. The lowest BCUT2D eigenvalue weighted by Gasteiger charge is -2.24. The van der Waals surface area contributed by atoms with Crippen molar-refractivity contribution in [1.29, 1.82) is 0 Å². The van der Waals surface area contributed by atoms with Crippen LogP contribution in [-0.2, 0) is 0 Å². The molecule has 114 valence electrons. The number of H-pyrrole nitrogens is 1. The van der Waals surface area contributed by atoms with Crippen molar-refractivity contribution in [1.82, 2.24) is 19.4 Å². The molecule has 0 spiro atoms. The van der Waals surface area contributed by atoms with Gasteiger partial charge >= 0.3 is 0 Å². The number of rotatable bonds is 3. The Balaban J connectivity index is 1.81. The summed E-state index contributed by atoms with van der Waals surface area (Å²) in [5.74, 6) is 1.07. The molecular formula is C17H21N5. The summed E-state index contributed by atoms with van der Waals surface area (Å²) in [5.41, 5.74) is 3.88. The van der Waals surface area contributed by atoms with Gasteiger partial charge in [0.2, 0.25) is 0 Å². The van der Waals surface area contributed by atoms with Crippen molar-refractivity contribution >= 4 is 11.5 Å². The van der Waals surface area contributed by atoms with Crippen LogP contribution in [0, 0.1) is 6.92 Å². The zero-order valence-corrected chi connectivity index (χ0v) is 12.8. The van der Waals surface area contributed by atoms with Crippen molar-refractivity contribution in [3.63, 3.8) is 0 Å². The van der Waals surface area contributed by atoms with Crippen molar-refractivity contribution in [2.45, 2.75) is 45.1 Å². The highest BCUT2D eigenvalue weighted by atomic mass is 15.2. The van der Waals surface area contributed by atoms with Gasteiger partial charge in [0.15, 0.2) is 0 Å². The normalized spacial score (nSPS) is 16.2. The van der Waals surface area contributed by atoms with Gasteiger partial charge in [-0.1, -0.05) is 25.3 Å². The van der Waals surface area contributed by atoms with E-state index >= 15 is 0 Å². The Morgan fingerprint density at radius 1 is 1.18 bits per heavy atom. The quantitative estimate of drug-likeness (QED) is 0.773. The van der Waals surface area contributed by atoms with E-state index in [1.54, 1.807) is 6.33 Å². The minimum atomic E-state index is 0.534. The third-order valence-corrected chi connectivity index (χ3v) is 4.53. The number of imidazole rings is 2. The molecule has 0 radical (unpaired) electrons. The Morgan fingerprint density at radius 2 is 2.05 bits per heavy atom. The molecule has 3 heterocycles. The molecule has 0 bridgehead atoms. The molecule has 0 unspecified atom stereocenters. The van der Waals surface area contributed by atoms with Crippen molar-refractivity contribution in [3.05, 3.63) is 36.4 Å². The van der Waals surface area contributed by atoms with Gasteiger partial charge in [0.05, 0.1) is 6.33 Å². The molecule has 1 saturated carbocycles. The number of anilines is 1. The molecule has 0 atom stereocenters. The summed E-state index contributed by atoms with van der Waals surface area (Å²) in [6.45, 7) is 2.04. The molecule has 3 aromatic rings. The van der Waals surface area contributed by atoms with Crippen LogP contribution in [-0.4, -0.2) is 25.4 Å². The Labute approximate surface area is 129 Å². The lowest BCUT2D eigenvalue weighted by Crippen LogP contribution is -2.23. The zero-order valence-electron chi connectivity index (χ0n) is 12.8. The number of pyridine rings is 1. The fourth-order valence-corrected chi connectivity index (χ4v) is 3.34. The number of nitrogens with one attached hydrogen (secondary N) is 2. The van der Waals surface area contributed by atoms with Crippen LogP contribution in [0.4, 0.5) is 5.82 Å². The molecule has 1 aliphatic carbocycles. The van der Waals surface area contributed by atoms with Crippen molar-refractivity contribution < 1.29 is 0 Å². The van der Waals surface area contributed by atoms with Gasteiger partial charge in [-0.25, -0.2) is 9.97 Å². The van der Waals surface area contributed by atoms with Gasteiger partial charge in [0.1, 0.15) is 22.9 Å². The zero-order chi connectivity index (χ0) is 14.9. The molecule has 5 nitrogen and oxygen atoms in total. The summed E-state index contributed by atoms with van der Waals surface area (Å²) in [4.78, 5) is 12.4. The summed E-state index contributed by atoms with van der Waals surface area (Å²) >= 11 is 0. The van der Waals surface area contributed by atoms with E-state index in [0.29, 0.717) is 6.04 Å². The maximum Gasteiger partial charge on any atom is 0.140 e. The summed E-state index contributed by atoms with van der Waals surface area (Å²) in [7, 11) is 0. The second kappa shape index (κ2) is 5.48. The fraction of sp³-hybridized carbons (Fsp3) is 0.412. The standard InChI is InChI=1S/C17H21N5/c1-12-15(19-11-18-12)16-17(20-13-7-3-2-4-8-13)22-10-6-5-9-14(22)21-16/h5-6,9-11,13,20H,2-4,7-8H2,1H3,(H,18,19). The highest BCUT2D eigenvalue weighted by Crippen LogP contribution is 2.31. The molecule has 0 amide bonds. The monoisotopic (exact) mass is 295 g/mol. The molecule has 0 saturated heterocycles. The fourth-order valence-electron chi connectivity index (χ4n) is 3.34.